The molecule has 5 heteroatoms. The van der Waals surface area contributed by atoms with Gasteiger partial charge in [-0.2, -0.15) is 13.2 Å². The van der Waals surface area contributed by atoms with Crippen molar-refractivity contribution in [2.75, 3.05) is 26.7 Å². The molecule has 2 nitrogen and oxygen atoms in total. The molecular formula is C16H25F3N2. The van der Waals surface area contributed by atoms with Gasteiger partial charge in [0.25, 0.3) is 0 Å². The lowest BCUT2D eigenvalue weighted by molar-refractivity contribution is -0.144. The van der Waals surface area contributed by atoms with Crippen molar-refractivity contribution in [2.45, 2.75) is 33.0 Å². The molecule has 0 heterocycles. The van der Waals surface area contributed by atoms with E-state index >= 15 is 0 Å². The number of nitrogens with one attached hydrogen (secondary N) is 1. The predicted molar refractivity (Wildman–Crippen MR) is 80.2 cm³/mol. The lowest BCUT2D eigenvalue weighted by Gasteiger charge is -2.18. The zero-order chi connectivity index (χ0) is 15.9. The minimum absolute atomic E-state index is 0.311. The van der Waals surface area contributed by atoms with Crippen molar-refractivity contribution in [3.8, 4) is 0 Å². The average molecular weight is 302 g/mol. The van der Waals surface area contributed by atoms with Gasteiger partial charge in [0, 0.05) is 6.54 Å². The molecule has 21 heavy (non-hydrogen) atoms. The highest BCUT2D eigenvalue weighted by Gasteiger charge is 2.28. The van der Waals surface area contributed by atoms with Gasteiger partial charge in [0.05, 0.1) is 6.54 Å². The fourth-order valence-corrected chi connectivity index (χ4v) is 2.11. The number of benzene rings is 1. The summed E-state index contributed by atoms with van der Waals surface area (Å²) in [6, 6.07) is 7.80. The molecule has 0 radical (unpaired) electrons. The Morgan fingerprint density at radius 3 is 2.19 bits per heavy atom. The summed E-state index contributed by atoms with van der Waals surface area (Å²) in [6.45, 7) is 5.68. The highest BCUT2D eigenvalue weighted by atomic mass is 19.4. The Morgan fingerprint density at radius 1 is 1.10 bits per heavy atom. The zero-order valence-electron chi connectivity index (χ0n) is 13.0. The van der Waals surface area contributed by atoms with Crippen LogP contribution in [-0.4, -0.2) is 37.8 Å². The summed E-state index contributed by atoms with van der Waals surface area (Å²) in [6.07, 6.45) is -3.21. The van der Waals surface area contributed by atoms with Crippen molar-refractivity contribution in [3.05, 3.63) is 35.4 Å². The molecule has 0 bridgehead atoms. The van der Waals surface area contributed by atoms with E-state index in [4.69, 9.17) is 0 Å². The van der Waals surface area contributed by atoms with Crippen LogP contribution in [0.15, 0.2) is 24.3 Å². The van der Waals surface area contributed by atoms with Crippen LogP contribution in [0.5, 0.6) is 0 Å². The third kappa shape index (κ3) is 8.73. The van der Waals surface area contributed by atoms with E-state index in [-0.39, 0.29) is 0 Å². The number of hydrogen-bond acceptors (Lipinski definition) is 2. The second-order valence-electron chi connectivity index (χ2n) is 5.95. The summed E-state index contributed by atoms with van der Waals surface area (Å²) in [4.78, 5) is 1.28. The SMILES string of the molecule is CC(C)CNCCc1ccc(CN(C)CC(F)(F)F)cc1. The van der Waals surface area contributed by atoms with Crippen LogP contribution in [0.3, 0.4) is 0 Å². The molecule has 1 N–H and O–H groups in total. The third-order valence-corrected chi connectivity index (χ3v) is 3.07. The number of rotatable bonds is 8. The van der Waals surface area contributed by atoms with Crippen molar-refractivity contribution < 1.29 is 13.2 Å². The fourth-order valence-electron chi connectivity index (χ4n) is 2.11. The Balaban J connectivity index is 2.36. The molecule has 0 aliphatic carbocycles. The monoisotopic (exact) mass is 302 g/mol. The minimum atomic E-state index is -4.14. The highest BCUT2D eigenvalue weighted by Crippen LogP contribution is 2.17. The van der Waals surface area contributed by atoms with Crippen LogP contribution < -0.4 is 5.32 Å². The predicted octanol–water partition coefficient (Wildman–Crippen LogP) is 3.47. The standard InChI is InChI=1S/C16H25F3N2/c1-13(2)10-20-9-8-14-4-6-15(7-5-14)11-21(3)12-16(17,18)19/h4-7,13,20H,8-12H2,1-3H3. The summed E-state index contributed by atoms with van der Waals surface area (Å²) < 4.78 is 36.8. The molecule has 0 saturated carbocycles. The van der Waals surface area contributed by atoms with E-state index in [1.807, 2.05) is 24.3 Å². The highest BCUT2D eigenvalue weighted by molar-refractivity contribution is 5.22. The summed E-state index contributed by atoms with van der Waals surface area (Å²) in [5, 5.41) is 3.37. The van der Waals surface area contributed by atoms with E-state index in [9.17, 15) is 13.2 Å². The molecule has 0 saturated heterocycles. The van der Waals surface area contributed by atoms with Gasteiger partial charge in [-0.15, -0.1) is 0 Å². The first kappa shape index (κ1) is 18.0. The molecule has 0 aliphatic rings. The van der Waals surface area contributed by atoms with Crippen LogP contribution in [0.25, 0.3) is 0 Å². The molecule has 1 aromatic rings. The van der Waals surface area contributed by atoms with Gasteiger partial charge in [-0.25, -0.2) is 0 Å². The van der Waals surface area contributed by atoms with Gasteiger partial charge in [-0.3, -0.25) is 4.90 Å². The lowest BCUT2D eigenvalue weighted by Crippen LogP contribution is -2.30. The van der Waals surface area contributed by atoms with Gasteiger partial charge in [0.2, 0.25) is 0 Å². The fraction of sp³-hybridized carbons (Fsp3) is 0.625. The molecular weight excluding hydrogens is 277 g/mol. The zero-order valence-corrected chi connectivity index (χ0v) is 13.0. The van der Waals surface area contributed by atoms with E-state index in [1.54, 1.807) is 0 Å². The molecule has 0 fully saturated rings. The Labute approximate surface area is 125 Å². The van der Waals surface area contributed by atoms with E-state index in [0.29, 0.717) is 12.5 Å². The molecule has 0 amide bonds. The maximum absolute atomic E-state index is 12.3. The van der Waals surface area contributed by atoms with Crippen molar-refractivity contribution >= 4 is 0 Å². The second-order valence-corrected chi connectivity index (χ2v) is 5.95. The second kappa shape index (κ2) is 8.39. The van der Waals surface area contributed by atoms with Crippen LogP contribution in [0.1, 0.15) is 25.0 Å². The van der Waals surface area contributed by atoms with E-state index in [0.717, 1.165) is 25.1 Å². The van der Waals surface area contributed by atoms with Crippen LogP contribution in [0, 0.1) is 5.92 Å². The summed E-state index contributed by atoms with van der Waals surface area (Å²) in [7, 11) is 1.48. The molecule has 120 valence electrons. The van der Waals surface area contributed by atoms with Crippen LogP contribution in [0.4, 0.5) is 13.2 Å². The van der Waals surface area contributed by atoms with Gasteiger partial charge in [-0.05, 0) is 43.6 Å². The molecule has 1 aromatic carbocycles. The van der Waals surface area contributed by atoms with E-state index in [1.165, 1.54) is 17.5 Å². The molecule has 0 aromatic heterocycles. The molecule has 0 atom stereocenters. The van der Waals surface area contributed by atoms with Gasteiger partial charge in [0.1, 0.15) is 0 Å². The quantitative estimate of drug-likeness (QED) is 0.740. The summed E-state index contributed by atoms with van der Waals surface area (Å²) in [5.41, 5.74) is 2.11. The van der Waals surface area contributed by atoms with E-state index in [2.05, 4.69) is 19.2 Å². The number of nitrogens with zero attached hydrogens (tertiary/aromatic N) is 1. The van der Waals surface area contributed by atoms with Crippen molar-refractivity contribution in [1.29, 1.82) is 0 Å². The van der Waals surface area contributed by atoms with Crippen molar-refractivity contribution in [1.82, 2.24) is 10.2 Å². The van der Waals surface area contributed by atoms with Gasteiger partial charge < -0.3 is 5.32 Å². The molecule has 1 rings (SSSR count). The number of hydrogen-bond donors (Lipinski definition) is 1. The Morgan fingerprint density at radius 2 is 1.67 bits per heavy atom. The molecule has 0 spiro atoms. The smallest absolute Gasteiger partial charge is 0.316 e. The largest absolute Gasteiger partial charge is 0.401 e. The Kier molecular flexibility index (Phi) is 7.18. The van der Waals surface area contributed by atoms with E-state index < -0.39 is 12.7 Å². The van der Waals surface area contributed by atoms with Gasteiger partial charge >= 0.3 is 6.18 Å². The third-order valence-electron chi connectivity index (χ3n) is 3.07. The van der Waals surface area contributed by atoms with Crippen LogP contribution in [0.2, 0.25) is 0 Å². The van der Waals surface area contributed by atoms with Gasteiger partial charge in [-0.1, -0.05) is 38.1 Å². The van der Waals surface area contributed by atoms with Crippen LogP contribution >= 0.6 is 0 Å². The number of alkyl halides is 3. The Bertz CT molecular complexity index is 399. The molecule has 0 unspecified atom stereocenters. The van der Waals surface area contributed by atoms with Crippen LogP contribution in [-0.2, 0) is 13.0 Å². The van der Waals surface area contributed by atoms with Gasteiger partial charge in [0.15, 0.2) is 0 Å². The first-order valence-electron chi connectivity index (χ1n) is 7.30. The van der Waals surface area contributed by atoms with Crippen molar-refractivity contribution in [3.63, 3.8) is 0 Å². The molecule has 0 aliphatic heterocycles. The maximum atomic E-state index is 12.3. The summed E-state index contributed by atoms with van der Waals surface area (Å²) in [5.74, 6) is 0.636. The lowest BCUT2D eigenvalue weighted by atomic mass is 10.1. The average Bonchev–Trinajstić information content (AvgIpc) is 2.34. The first-order chi connectivity index (χ1) is 9.76. The Hall–Kier alpha value is -1.07. The number of halogens is 3. The normalized spacial score (nSPS) is 12.4. The maximum Gasteiger partial charge on any atom is 0.401 e. The van der Waals surface area contributed by atoms with Crippen molar-refractivity contribution in [2.24, 2.45) is 5.92 Å². The topological polar surface area (TPSA) is 15.3 Å². The minimum Gasteiger partial charge on any atom is -0.316 e. The summed E-state index contributed by atoms with van der Waals surface area (Å²) >= 11 is 0. The first-order valence-corrected chi connectivity index (χ1v) is 7.30.